The molecule has 6 heteroatoms. The third-order valence-electron chi connectivity index (χ3n) is 2.82. The van der Waals surface area contributed by atoms with Crippen LogP contribution in [0, 0.1) is 0 Å². The van der Waals surface area contributed by atoms with Crippen LogP contribution in [0.15, 0.2) is 6.20 Å². The lowest BCUT2D eigenvalue weighted by Crippen LogP contribution is -2.44. The molecular weight excluding hydrogens is 228 g/mol. The van der Waals surface area contributed by atoms with Gasteiger partial charge in [-0.05, 0) is 0 Å². The lowest BCUT2D eigenvalue weighted by atomic mass is 10.3. The molecule has 0 saturated carbocycles. The van der Waals surface area contributed by atoms with Crippen LogP contribution in [0.4, 0.5) is 5.95 Å². The van der Waals surface area contributed by atoms with E-state index in [2.05, 4.69) is 20.2 Å². The fourth-order valence-corrected chi connectivity index (χ4v) is 1.95. The Bertz CT molecular complexity index is 368. The van der Waals surface area contributed by atoms with Gasteiger partial charge in [0.1, 0.15) is 0 Å². The van der Waals surface area contributed by atoms with Crippen molar-refractivity contribution in [1.82, 2.24) is 15.3 Å². The largest absolute Gasteiger partial charge is 0.477 e. The average Bonchev–Trinajstić information content (AvgIpc) is 2.77. The van der Waals surface area contributed by atoms with Gasteiger partial charge in [0.25, 0.3) is 0 Å². The molecule has 5 nitrogen and oxygen atoms in total. The van der Waals surface area contributed by atoms with Gasteiger partial charge in [0.15, 0.2) is 0 Å². The number of fused-ring (bicyclic) bond motifs is 1. The van der Waals surface area contributed by atoms with E-state index in [4.69, 9.17) is 4.74 Å². The Morgan fingerprint density at radius 1 is 1.31 bits per heavy atom. The summed E-state index contributed by atoms with van der Waals surface area (Å²) < 4.78 is 5.44. The summed E-state index contributed by atoms with van der Waals surface area (Å²) in [6.45, 7) is 4.69. The maximum absolute atomic E-state index is 5.44. The van der Waals surface area contributed by atoms with Gasteiger partial charge in [-0.25, -0.2) is 4.98 Å². The maximum Gasteiger partial charge on any atom is 0.228 e. The fourth-order valence-electron chi connectivity index (χ4n) is 1.95. The minimum absolute atomic E-state index is 0. The Balaban J connectivity index is 0.000000963. The molecule has 1 N–H and O–H groups in total. The van der Waals surface area contributed by atoms with Gasteiger partial charge < -0.3 is 15.0 Å². The molecule has 16 heavy (non-hydrogen) atoms. The standard InChI is InChI=1S/C10H14N4O.ClH/c1-6-15-9-8(1)7-12-10(13-9)14-4-2-11-3-5-14;/h7,11H,1-6H2;1H. The quantitative estimate of drug-likeness (QED) is 0.765. The summed E-state index contributed by atoms with van der Waals surface area (Å²) in [5.74, 6) is 1.58. The number of rotatable bonds is 1. The Hall–Kier alpha value is -1.07. The summed E-state index contributed by atoms with van der Waals surface area (Å²) in [5.41, 5.74) is 1.13. The van der Waals surface area contributed by atoms with Crippen molar-refractivity contribution in [3.8, 4) is 5.88 Å². The molecule has 0 amide bonds. The van der Waals surface area contributed by atoms with Gasteiger partial charge in [-0.2, -0.15) is 4.98 Å². The Morgan fingerprint density at radius 3 is 2.94 bits per heavy atom. The summed E-state index contributed by atoms with van der Waals surface area (Å²) in [6, 6.07) is 0. The number of anilines is 1. The second-order valence-electron chi connectivity index (χ2n) is 3.84. The highest BCUT2D eigenvalue weighted by Crippen LogP contribution is 2.23. The highest BCUT2D eigenvalue weighted by Gasteiger charge is 2.18. The van der Waals surface area contributed by atoms with Crippen LogP contribution in [0.25, 0.3) is 0 Å². The van der Waals surface area contributed by atoms with Crippen molar-refractivity contribution in [2.24, 2.45) is 0 Å². The molecule has 88 valence electrons. The Kier molecular flexibility index (Phi) is 3.46. The van der Waals surface area contributed by atoms with Crippen molar-refractivity contribution >= 4 is 18.4 Å². The minimum atomic E-state index is 0. The highest BCUT2D eigenvalue weighted by molar-refractivity contribution is 5.85. The first-order chi connectivity index (χ1) is 7.43. The molecule has 1 fully saturated rings. The maximum atomic E-state index is 5.44. The van der Waals surface area contributed by atoms with Gasteiger partial charge in [0.05, 0.1) is 6.61 Å². The van der Waals surface area contributed by atoms with Gasteiger partial charge in [-0.1, -0.05) is 0 Å². The second kappa shape index (κ2) is 4.84. The smallest absolute Gasteiger partial charge is 0.228 e. The first-order valence-electron chi connectivity index (χ1n) is 5.38. The Morgan fingerprint density at radius 2 is 2.12 bits per heavy atom. The molecule has 0 bridgehead atoms. The molecule has 0 unspecified atom stereocenters. The number of halogens is 1. The van der Waals surface area contributed by atoms with Crippen molar-refractivity contribution in [3.05, 3.63) is 11.8 Å². The lowest BCUT2D eigenvalue weighted by Gasteiger charge is -2.27. The molecule has 2 aliphatic heterocycles. The van der Waals surface area contributed by atoms with Crippen LogP contribution in [0.3, 0.4) is 0 Å². The summed E-state index contributed by atoms with van der Waals surface area (Å²) in [7, 11) is 0. The van der Waals surface area contributed by atoms with Crippen molar-refractivity contribution in [3.63, 3.8) is 0 Å². The molecule has 0 atom stereocenters. The van der Waals surface area contributed by atoms with Gasteiger partial charge >= 0.3 is 0 Å². The van der Waals surface area contributed by atoms with E-state index in [1.807, 2.05) is 6.20 Å². The first kappa shape index (κ1) is 11.4. The summed E-state index contributed by atoms with van der Waals surface area (Å²) in [6.07, 6.45) is 2.84. The lowest BCUT2D eigenvalue weighted by molar-refractivity contribution is 0.344. The molecular formula is C10H15ClN4O. The molecule has 0 aliphatic carbocycles. The SMILES string of the molecule is Cl.c1nc(N2CCNCC2)nc2c1CCO2. The topological polar surface area (TPSA) is 50.3 Å². The molecule has 0 spiro atoms. The van der Waals surface area contributed by atoms with Crippen LogP contribution >= 0.6 is 12.4 Å². The van der Waals surface area contributed by atoms with Crippen LogP contribution in [-0.2, 0) is 6.42 Å². The van der Waals surface area contributed by atoms with E-state index in [1.54, 1.807) is 0 Å². The molecule has 1 saturated heterocycles. The molecule has 1 aromatic heterocycles. The summed E-state index contributed by atoms with van der Waals surface area (Å²) in [4.78, 5) is 11.0. The van der Waals surface area contributed by atoms with E-state index < -0.39 is 0 Å². The second-order valence-corrected chi connectivity index (χ2v) is 3.84. The minimum Gasteiger partial charge on any atom is -0.477 e. The molecule has 2 aliphatic rings. The molecule has 0 radical (unpaired) electrons. The number of ether oxygens (including phenoxy) is 1. The fraction of sp³-hybridized carbons (Fsp3) is 0.600. The predicted octanol–water partition coefficient (Wildman–Crippen LogP) is 0.243. The molecule has 3 rings (SSSR count). The zero-order valence-corrected chi connectivity index (χ0v) is 9.79. The van der Waals surface area contributed by atoms with Gasteiger partial charge in [-0.3, -0.25) is 0 Å². The van der Waals surface area contributed by atoms with E-state index in [-0.39, 0.29) is 12.4 Å². The first-order valence-corrected chi connectivity index (χ1v) is 5.38. The number of nitrogens with zero attached hydrogens (tertiary/aromatic N) is 3. The van der Waals surface area contributed by atoms with E-state index >= 15 is 0 Å². The third-order valence-corrected chi connectivity index (χ3v) is 2.82. The third kappa shape index (κ3) is 2.05. The van der Waals surface area contributed by atoms with E-state index in [0.717, 1.165) is 56.6 Å². The number of nitrogens with one attached hydrogen (secondary N) is 1. The monoisotopic (exact) mass is 242 g/mol. The van der Waals surface area contributed by atoms with Gasteiger partial charge in [0.2, 0.25) is 11.8 Å². The van der Waals surface area contributed by atoms with Gasteiger partial charge in [-0.15, -0.1) is 12.4 Å². The van der Waals surface area contributed by atoms with Crippen LogP contribution in [0.2, 0.25) is 0 Å². The van der Waals surface area contributed by atoms with Crippen molar-refractivity contribution in [2.45, 2.75) is 6.42 Å². The predicted molar refractivity (Wildman–Crippen MR) is 63.6 cm³/mol. The number of hydrogen-bond acceptors (Lipinski definition) is 5. The number of aromatic nitrogens is 2. The molecule has 0 aromatic carbocycles. The molecule has 3 heterocycles. The van der Waals surface area contributed by atoms with E-state index in [9.17, 15) is 0 Å². The van der Waals surface area contributed by atoms with Crippen LogP contribution in [0.1, 0.15) is 5.56 Å². The van der Waals surface area contributed by atoms with Crippen LogP contribution in [-0.4, -0.2) is 42.8 Å². The average molecular weight is 243 g/mol. The van der Waals surface area contributed by atoms with E-state index in [0.29, 0.717) is 0 Å². The van der Waals surface area contributed by atoms with Crippen molar-refractivity contribution in [1.29, 1.82) is 0 Å². The number of piperazine rings is 1. The summed E-state index contributed by atoms with van der Waals surface area (Å²) in [5, 5.41) is 3.31. The van der Waals surface area contributed by atoms with E-state index in [1.165, 1.54) is 0 Å². The van der Waals surface area contributed by atoms with Crippen molar-refractivity contribution in [2.75, 3.05) is 37.7 Å². The van der Waals surface area contributed by atoms with Crippen LogP contribution in [0.5, 0.6) is 5.88 Å². The van der Waals surface area contributed by atoms with Gasteiger partial charge in [0, 0.05) is 44.4 Å². The Labute approximate surface area is 101 Å². The summed E-state index contributed by atoms with van der Waals surface area (Å²) >= 11 is 0. The zero-order chi connectivity index (χ0) is 10.1. The zero-order valence-electron chi connectivity index (χ0n) is 8.98. The highest BCUT2D eigenvalue weighted by atomic mass is 35.5. The normalized spacial score (nSPS) is 18.6. The number of hydrogen-bond donors (Lipinski definition) is 1. The molecule has 1 aromatic rings. The van der Waals surface area contributed by atoms with Crippen LogP contribution < -0.4 is 15.0 Å². The van der Waals surface area contributed by atoms with Crippen molar-refractivity contribution < 1.29 is 4.74 Å².